The minimum atomic E-state index is -0.290. The molecule has 0 aliphatic carbocycles. The topological polar surface area (TPSA) is 75.4 Å². The van der Waals surface area contributed by atoms with E-state index in [4.69, 9.17) is 9.63 Å². The van der Waals surface area contributed by atoms with Gasteiger partial charge in [0.25, 0.3) is 5.91 Å². The highest BCUT2D eigenvalue weighted by atomic mass is 16.5. The number of carbonyl (C=O) groups excluding carboxylic acids is 1. The Morgan fingerprint density at radius 2 is 2.14 bits per heavy atom. The predicted molar refractivity (Wildman–Crippen MR) is 77.5 cm³/mol. The van der Waals surface area contributed by atoms with Crippen LogP contribution in [-0.4, -0.2) is 22.8 Å². The molecule has 1 aromatic carbocycles. The Labute approximate surface area is 123 Å². The molecule has 0 aliphatic heterocycles. The van der Waals surface area contributed by atoms with Crippen LogP contribution in [0, 0.1) is 18.8 Å². The van der Waals surface area contributed by atoms with Gasteiger partial charge in [0.1, 0.15) is 6.61 Å². The lowest BCUT2D eigenvalue weighted by Gasteiger charge is -2.13. The van der Waals surface area contributed by atoms with E-state index in [9.17, 15) is 4.79 Å². The minimum Gasteiger partial charge on any atom is -0.384 e. The molecule has 21 heavy (non-hydrogen) atoms. The van der Waals surface area contributed by atoms with Gasteiger partial charge < -0.3 is 14.9 Å². The molecule has 0 radical (unpaired) electrons. The van der Waals surface area contributed by atoms with Crippen molar-refractivity contribution < 1.29 is 14.4 Å². The molecule has 1 amide bonds. The van der Waals surface area contributed by atoms with Crippen LogP contribution < -0.4 is 5.32 Å². The maximum Gasteiger partial charge on any atom is 0.290 e. The van der Waals surface area contributed by atoms with Gasteiger partial charge in [-0.25, -0.2) is 0 Å². The number of hydrogen-bond donors (Lipinski definition) is 2. The van der Waals surface area contributed by atoms with Gasteiger partial charge in [-0.1, -0.05) is 29.1 Å². The lowest BCUT2D eigenvalue weighted by molar-refractivity contribution is 0.0901. The lowest BCUT2D eigenvalue weighted by atomic mass is 10.1. The van der Waals surface area contributed by atoms with Crippen molar-refractivity contribution in [3.05, 3.63) is 52.9 Å². The SMILES string of the molecule is Cc1cnoc1C(=O)NC(C)c1ccc(C#CCO)cc1. The molecule has 5 nitrogen and oxygen atoms in total. The Hall–Kier alpha value is -2.58. The summed E-state index contributed by atoms with van der Waals surface area (Å²) < 4.78 is 4.92. The summed E-state index contributed by atoms with van der Waals surface area (Å²) in [5.74, 6) is 5.35. The van der Waals surface area contributed by atoms with E-state index in [-0.39, 0.29) is 24.3 Å². The molecule has 2 aromatic rings. The van der Waals surface area contributed by atoms with E-state index in [0.717, 1.165) is 11.1 Å². The summed E-state index contributed by atoms with van der Waals surface area (Å²) >= 11 is 0. The van der Waals surface area contributed by atoms with Crippen molar-refractivity contribution in [2.75, 3.05) is 6.61 Å². The number of benzene rings is 1. The molecule has 2 rings (SSSR count). The molecule has 108 valence electrons. The molecule has 0 bridgehead atoms. The molecule has 1 unspecified atom stereocenters. The highest BCUT2D eigenvalue weighted by molar-refractivity contribution is 5.92. The number of hydrogen-bond acceptors (Lipinski definition) is 4. The molecule has 0 fully saturated rings. The van der Waals surface area contributed by atoms with E-state index in [1.54, 1.807) is 6.92 Å². The predicted octanol–water partition coefficient (Wildman–Crippen LogP) is 1.82. The van der Waals surface area contributed by atoms with Gasteiger partial charge in [0, 0.05) is 11.1 Å². The number of aliphatic hydroxyl groups excluding tert-OH is 1. The fourth-order valence-electron chi connectivity index (χ4n) is 1.85. The molecule has 0 saturated carbocycles. The summed E-state index contributed by atoms with van der Waals surface area (Å²) in [7, 11) is 0. The number of aryl methyl sites for hydroxylation is 1. The molecule has 0 saturated heterocycles. The first-order chi connectivity index (χ1) is 10.1. The highest BCUT2D eigenvalue weighted by Gasteiger charge is 2.17. The van der Waals surface area contributed by atoms with Gasteiger partial charge in [-0.2, -0.15) is 0 Å². The van der Waals surface area contributed by atoms with Gasteiger partial charge in [0.05, 0.1) is 12.2 Å². The Morgan fingerprint density at radius 3 is 2.71 bits per heavy atom. The third-order valence-electron chi connectivity index (χ3n) is 3.02. The fraction of sp³-hybridized carbons (Fsp3) is 0.250. The van der Waals surface area contributed by atoms with Crippen molar-refractivity contribution in [3.8, 4) is 11.8 Å². The van der Waals surface area contributed by atoms with Gasteiger partial charge >= 0.3 is 0 Å². The summed E-state index contributed by atoms with van der Waals surface area (Å²) in [4.78, 5) is 12.0. The maximum absolute atomic E-state index is 12.0. The van der Waals surface area contributed by atoms with Crippen LogP contribution in [-0.2, 0) is 0 Å². The molecule has 5 heteroatoms. The van der Waals surface area contributed by atoms with Gasteiger partial charge in [-0.15, -0.1) is 0 Å². The second kappa shape index (κ2) is 6.73. The van der Waals surface area contributed by atoms with Crippen molar-refractivity contribution in [2.24, 2.45) is 0 Å². The van der Waals surface area contributed by atoms with Crippen LogP contribution in [0.3, 0.4) is 0 Å². The third kappa shape index (κ3) is 3.71. The fourth-order valence-corrected chi connectivity index (χ4v) is 1.85. The van der Waals surface area contributed by atoms with Crippen LogP contribution in [0.15, 0.2) is 35.0 Å². The summed E-state index contributed by atoms with van der Waals surface area (Å²) in [6, 6.07) is 7.31. The van der Waals surface area contributed by atoms with Crippen LogP contribution in [0.4, 0.5) is 0 Å². The molecule has 1 atom stereocenters. The van der Waals surface area contributed by atoms with Gasteiger partial charge in [-0.05, 0) is 31.5 Å². The quantitative estimate of drug-likeness (QED) is 0.843. The maximum atomic E-state index is 12.0. The highest BCUT2D eigenvalue weighted by Crippen LogP contribution is 2.15. The van der Waals surface area contributed by atoms with Crippen molar-refractivity contribution in [3.63, 3.8) is 0 Å². The van der Waals surface area contributed by atoms with E-state index in [1.165, 1.54) is 6.20 Å². The van der Waals surface area contributed by atoms with Crippen molar-refractivity contribution in [1.82, 2.24) is 10.5 Å². The van der Waals surface area contributed by atoms with E-state index < -0.39 is 0 Å². The van der Waals surface area contributed by atoms with Crippen molar-refractivity contribution in [2.45, 2.75) is 19.9 Å². The van der Waals surface area contributed by atoms with Crippen LogP contribution in [0.1, 0.15) is 40.2 Å². The Bertz CT molecular complexity index is 678. The number of aromatic nitrogens is 1. The number of carbonyl (C=O) groups is 1. The van der Waals surface area contributed by atoms with Crippen LogP contribution in [0.25, 0.3) is 0 Å². The molecular weight excluding hydrogens is 268 g/mol. The number of amides is 1. The van der Waals surface area contributed by atoms with E-state index in [0.29, 0.717) is 5.56 Å². The second-order valence-corrected chi connectivity index (χ2v) is 4.61. The second-order valence-electron chi connectivity index (χ2n) is 4.61. The van der Waals surface area contributed by atoms with Crippen molar-refractivity contribution >= 4 is 5.91 Å². The standard InChI is InChI=1S/C16H16N2O3/c1-11-10-17-21-15(11)16(20)18-12(2)14-7-5-13(6-8-14)4-3-9-19/h5-8,10,12,19H,9H2,1-2H3,(H,18,20). The summed E-state index contributed by atoms with van der Waals surface area (Å²) in [6.07, 6.45) is 1.51. The Morgan fingerprint density at radius 1 is 1.43 bits per heavy atom. The Kier molecular flexibility index (Phi) is 4.75. The van der Waals surface area contributed by atoms with Crippen LogP contribution >= 0.6 is 0 Å². The molecule has 0 spiro atoms. The minimum absolute atomic E-state index is 0.162. The van der Waals surface area contributed by atoms with E-state index in [1.807, 2.05) is 31.2 Å². The van der Waals surface area contributed by atoms with Gasteiger partial charge in [0.2, 0.25) is 5.76 Å². The van der Waals surface area contributed by atoms with Crippen molar-refractivity contribution in [1.29, 1.82) is 0 Å². The third-order valence-corrected chi connectivity index (χ3v) is 3.02. The van der Waals surface area contributed by atoms with Gasteiger partial charge in [0.15, 0.2) is 0 Å². The first-order valence-electron chi connectivity index (χ1n) is 6.53. The normalized spacial score (nSPS) is 11.4. The monoisotopic (exact) mass is 284 g/mol. The van der Waals surface area contributed by atoms with Crippen LogP contribution in [0.2, 0.25) is 0 Å². The molecule has 0 aliphatic rings. The zero-order chi connectivity index (χ0) is 15.2. The first-order valence-corrected chi connectivity index (χ1v) is 6.53. The lowest BCUT2D eigenvalue weighted by Crippen LogP contribution is -2.26. The summed E-state index contributed by atoms with van der Waals surface area (Å²) in [5, 5.41) is 15.1. The number of rotatable bonds is 3. The summed E-state index contributed by atoms with van der Waals surface area (Å²) in [5.41, 5.74) is 2.47. The first kappa shape index (κ1) is 14.8. The van der Waals surface area contributed by atoms with Crippen LogP contribution in [0.5, 0.6) is 0 Å². The zero-order valence-electron chi connectivity index (χ0n) is 11.9. The van der Waals surface area contributed by atoms with E-state index >= 15 is 0 Å². The number of aliphatic hydroxyl groups is 1. The smallest absolute Gasteiger partial charge is 0.290 e. The summed E-state index contributed by atoms with van der Waals surface area (Å²) in [6.45, 7) is 3.49. The number of nitrogens with one attached hydrogen (secondary N) is 1. The largest absolute Gasteiger partial charge is 0.384 e. The Balaban J connectivity index is 2.05. The zero-order valence-corrected chi connectivity index (χ0v) is 11.9. The molecule has 2 N–H and O–H groups in total. The number of nitrogens with zero attached hydrogens (tertiary/aromatic N) is 1. The molecular formula is C16H16N2O3. The molecule has 1 aromatic heterocycles. The average molecular weight is 284 g/mol. The molecule has 1 heterocycles. The van der Waals surface area contributed by atoms with E-state index in [2.05, 4.69) is 22.3 Å². The van der Waals surface area contributed by atoms with Gasteiger partial charge in [-0.3, -0.25) is 4.79 Å². The average Bonchev–Trinajstić information content (AvgIpc) is 2.91.